The van der Waals surface area contributed by atoms with Gasteiger partial charge in [0.1, 0.15) is 5.75 Å². The number of aryl methyl sites for hydroxylation is 1. The normalized spacial score (nSPS) is 11.3. The van der Waals surface area contributed by atoms with Crippen LogP contribution in [0.25, 0.3) is 0 Å². The van der Waals surface area contributed by atoms with Crippen molar-refractivity contribution < 1.29 is 23.1 Å². The summed E-state index contributed by atoms with van der Waals surface area (Å²) in [6.45, 7) is 1.30. The van der Waals surface area contributed by atoms with Crippen LogP contribution in [-0.2, 0) is 6.18 Å². The molecule has 0 atom stereocenters. The van der Waals surface area contributed by atoms with E-state index in [1.807, 2.05) is 0 Å². The maximum Gasteiger partial charge on any atom is 0.416 e. The first-order chi connectivity index (χ1) is 10.2. The van der Waals surface area contributed by atoms with Gasteiger partial charge in [-0.15, -0.1) is 0 Å². The predicted octanol–water partition coefficient (Wildman–Crippen LogP) is 4.63. The van der Waals surface area contributed by atoms with Crippen LogP contribution in [-0.4, -0.2) is 11.0 Å². The second kappa shape index (κ2) is 5.88. The first-order valence-electron chi connectivity index (χ1n) is 6.16. The lowest BCUT2D eigenvalue weighted by Crippen LogP contribution is -2.13. The summed E-state index contributed by atoms with van der Waals surface area (Å²) in [5.74, 6) is -0.940. The first kappa shape index (κ1) is 16.2. The number of anilines is 1. The number of nitrogens with one attached hydrogen (secondary N) is 1. The van der Waals surface area contributed by atoms with E-state index in [0.29, 0.717) is 0 Å². The van der Waals surface area contributed by atoms with Gasteiger partial charge in [-0.3, -0.25) is 4.79 Å². The Morgan fingerprint density at radius 1 is 1.18 bits per heavy atom. The lowest BCUT2D eigenvalue weighted by molar-refractivity contribution is -0.138. The largest absolute Gasteiger partial charge is 0.507 e. The Morgan fingerprint density at radius 2 is 1.86 bits per heavy atom. The quantitative estimate of drug-likeness (QED) is 0.844. The third-order valence-electron chi connectivity index (χ3n) is 2.99. The van der Waals surface area contributed by atoms with Gasteiger partial charge in [0, 0.05) is 10.7 Å². The zero-order valence-corrected chi connectivity index (χ0v) is 12.1. The lowest BCUT2D eigenvalue weighted by atomic mass is 10.1. The molecule has 22 heavy (non-hydrogen) atoms. The molecule has 0 saturated carbocycles. The number of amides is 1. The van der Waals surface area contributed by atoms with Crippen LogP contribution in [0.2, 0.25) is 5.02 Å². The summed E-state index contributed by atoms with van der Waals surface area (Å²) in [5, 5.41) is 12.3. The Kier molecular flexibility index (Phi) is 4.32. The topological polar surface area (TPSA) is 49.3 Å². The number of halogens is 4. The van der Waals surface area contributed by atoms with E-state index < -0.39 is 17.6 Å². The lowest BCUT2D eigenvalue weighted by Gasteiger charge is -2.12. The molecular weight excluding hydrogens is 319 g/mol. The van der Waals surface area contributed by atoms with Crippen molar-refractivity contribution in [1.29, 1.82) is 0 Å². The van der Waals surface area contributed by atoms with Gasteiger partial charge in [-0.05, 0) is 48.9 Å². The molecule has 0 spiro atoms. The van der Waals surface area contributed by atoms with Gasteiger partial charge in [0.25, 0.3) is 5.91 Å². The maximum absolute atomic E-state index is 12.7. The maximum atomic E-state index is 12.7. The minimum absolute atomic E-state index is 0.0133. The smallest absolute Gasteiger partial charge is 0.416 e. The van der Waals surface area contributed by atoms with Crippen molar-refractivity contribution >= 4 is 23.2 Å². The van der Waals surface area contributed by atoms with Crippen LogP contribution in [0.3, 0.4) is 0 Å². The van der Waals surface area contributed by atoms with Crippen molar-refractivity contribution in [3.8, 4) is 5.75 Å². The first-order valence-corrected chi connectivity index (χ1v) is 6.54. The monoisotopic (exact) mass is 329 g/mol. The molecule has 3 nitrogen and oxygen atoms in total. The molecule has 2 aromatic carbocycles. The molecule has 0 bridgehead atoms. The van der Waals surface area contributed by atoms with Crippen LogP contribution in [0.4, 0.5) is 18.9 Å². The van der Waals surface area contributed by atoms with E-state index in [0.717, 1.165) is 12.1 Å². The number of alkyl halides is 3. The van der Waals surface area contributed by atoms with Crippen molar-refractivity contribution in [2.45, 2.75) is 13.1 Å². The number of carbonyl (C=O) groups excluding carboxylic acids is 1. The van der Waals surface area contributed by atoms with E-state index in [1.165, 1.54) is 31.2 Å². The number of rotatable bonds is 2. The van der Waals surface area contributed by atoms with Gasteiger partial charge < -0.3 is 10.4 Å². The highest BCUT2D eigenvalue weighted by molar-refractivity contribution is 6.31. The van der Waals surface area contributed by atoms with Crippen molar-refractivity contribution in [3.63, 3.8) is 0 Å². The molecule has 0 saturated heterocycles. The number of phenols is 1. The van der Waals surface area contributed by atoms with E-state index in [9.17, 15) is 23.1 Å². The van der Waals surface area contributed by atoms with Crippen molar-refractivity contribution in [2.24, 2.45) is 0 Å². The van der Waals surface area contributed by atoms with Gasteiger partial charge in [-0.1, -0.05) is 11.6 Å². The van der Waals surface area contributed by atoms with Crippen LogP contribution < -0.4 is 5.32 Å². The number of hydrogen-bond donors (Lipinski definition) is 2. The van der Waals surface area contributed by atoms with Gasteiger partial charge in [0.15, 0.2) is 0 Å². The summed E-state index contributed by atoms with van der Waals surface area (Å²) in [7, 11) is 0. The summed E-state index contributed by atoms with van der Waals surface area (Å²) >= 11 is 5.74. The second-order valence-electron chi connectivity index (χ2n) is 4.64. The molecule has 2 rings (SSSR count). The Balaban J connectivity index is 2.26. The average molecular weight is 330 g/mol. The van der Waals surface area contributed by atoms with E-state index in [1.54, 1.807) is 0 Å². The fourth-order valence-corrected chi connectivity index (χ4v) is 2.12. The standard InChI is InChI=1S/C15H11ClF3NO2/c1-8-6-10(3-4-12(8)15(17,18)19)20-14(22)11-7-9(16)2-5-13(11)21/h2-7,21H,1H3,(H,20,22). The van der Waals surface area contributed by atoms with Crippen LogP contribution in [0.15, 0.2) is 36.4 Å². The van der Waals surface area contributed by atoms with E-state index in [-0.39, 0.29) is 27.6 Å². The van der Waals surface area contributed by atoms with Gasteiger partial charge in [-0.25, -0.2) is 0 Å². The molecular formula is C15H11ClF3NO2. The third-order valence-corrected chi connectivity index (χ3v) is 3.23. The number of aromatic hydroxyl groups is 1. The minimum Gasteiger partial charge on any atom is -0.507 e. The molecule has 2 N–H and O–H groups in total. The number of benzene rings is 2. The zero-order chi connectivity index (χ0) is 16.5. The summed E-state index contributed by atoms with van der Waals surface area (Å²) in [6, 6.07) is 7.19. The number of phenolic OH excluding ortho intramolecular Hbond substituents is 1. The molecule has 116 valence electrons. The van der Waals surface area contributed by atoms with Gasteiger partial charge >= 0.3 is 6.18 Å². The van der Waals surface area contributed by atoms with E-state index in [2.05, 4.69) is 5.32 Å². The molecule has 1 amide bonds. The molecule has 0 aliphatic heterocycles. The Bertz CT molecular complexity index is 729. The molecule has 0 radical (unpaired) electrons. The molecule has 7 heteroatoms. The van der Waals surface area contributed by atoms with Gasteiger partial charge in [0.05, 0.1) is 11.1 Å². The fraction of sp³-hybridized carbons (Fsp3) is 0.133. The summed E-state index contributed by atoms with van der Waals surface area (Å²) < 4.78 is 38.0. The van der Waals surface area contributed by atoms with Crippen LogP contribution in [0.1, 0.15) is 21.5 Å². The molecule has 0 aliphatic rings. The van der Waals surface area contributed by atoms with Gasteiger partial charge in [0.2, 0.25) is 0 Å². The van der Waals surface area contributed by atoms with E-state index in [4.69, 9.17) is 11.6 Å². The van der Waals surface area contributed by atoms with Crippen molar-refractivity contribution in [2.75, 3.05) is 5.32 Å². The SMILES string of the molecule is Cc1cc(NC(=O)c2cc(Cl)ccc2O)ccc1C(F)(F)F. The average Bonchev–Trinajstić information content (AvgIpc) is 2.40. The molecule has 2 aromatic rings. The predicted molar refractivity (Wildman–Crippen MR) is 77.3 cm³/mol. The molecule has 0 heterocycles. The van der Waals surface area contributed by atoms with Crippen LogP contribution >= 0.6 is 11.6 Å². The Hall–Kier alpha value is -2.21. The van der Waals surface area contributed by atoms with Crippen molar-refractivity contribution in [1.82, 2.24) is 0 Å². The van der Waals surface area contributed by atoms with Crippen LogP contribution in [0.5, 0.6) is 5.75 Å². The molecule has 0 unspecified atom stereocenters. The highest BCUT2D eigenvalue weighted by atomic mass is 35.5. The van der Waals surface area contributed by atoms with E-state index >= 15 is 0 Å². The van der Waals surface area contributed by atoms with Crippen LogP contribution in [0, 0.1) is 6.92 Å². The highest BCUT2D eigenvalue weighted by Crippen LogP contribution is 2.33. The number of hydrogen-bond acceptors (Lipinski definition) is 2. The highest BCUT2D eigenvalue weighted by Gasteiger charge is 2.32. The molecule has 0 aromatic heterocycles. The number of carbonyl (C=O) groups is 1. The van der Waals surface area contributed by atoms with Crippen molar-refractivity contribution in [3.05, 3.63) is 58.1 Å². The summed E-state index contributed by atoms with van der Waals surface area (Å²) in [6.07, 6.45) is -4.45. The second-order valence-corrected chi connectivity index (χ2v) is 5.08. The third kappa shape index (κ3) is 3.51. The summed E-state index contributed by atoms with van der Waals surface area (Å²) in [4.78, 5) is 12.0. The van der Waals surface area contributed by atoms with Gasteiger partial charge in [-0.2, -0.15) is 13.2 Å². The Morgan fingerprint density at radius 3 is 2.45 bits per heavy atom. The fourth-order valence-electron chi connectivity index (χ4n) is 1.95. The molecule has 0 aliphatic carbocycles. The minimum atomic E-state index is -4.45. The summed E-state index contributed by atoms with van der Waals surface area (Å²) in [5.41, 5.74) is -0.656. The zero-order valence-electron chi connectivity index (χ0n) is 11.3. The Labute approximate surface area is 129 Å². The molecule has 0 fully saturated rings.